The van der Waals surface area contributed by atoms with Gasteiger partial charge in [-0.2, -0.15) is 0 Å². The topological polar surface area (TPSA) is 50.8 Å². The quantitative estimate of drug-likeness (QED) is 0.470. The predicted molar refractivity (Wildman–Crippen MR) is 129 cm³/mol. The summed E-state index contributed by atoms with van der Waals surface area (Å²) in [6, 6.07) is 21.3. The molecule has 0 spiro atoms. The molecule has 5 nitrogen and oxygen atoms in total. The average Bonchev–Trinajstić information content (AvgIpc) is 3.28. The third-order valence-corrected chi connectivity index (χ3v) is 6.92. The Morgan fingerprint density at radius 2 is 1.97 bits per heavy atom. The van der Waals surface area contributed by atoms with Crippen molar-refractivity contribution in [2.24, 2.45) is 0 Å². The van der Waals surface area contributed by atoms with Gasteiger partial charge in [-0.3, -0.25) is 4.90 Å². The number of carbonyl (C=O) groups is 1. The summed E-state index contributed by atoms with van der Waals surface area (Å²) in [5, 5.41) is 3.95. The molecule has 5 rings (SSSR count). The van der Waals surface area contributed by atoms with Crippen LogP contribution in [0.3, 0.4) is 0 Å². The van der Waals surface area contributed by atoms with Gasteiger partial charge in [0, 0.05) is 31.5 Å². The lowest BCUT2D eigenvalue weighted by Crippen LogP contribution is -2.56. The fourth-order valence-electron chi connectivity index (χ4n) is 4.21. The molecule has 2 aliphatic rings. The van der Waals surface area contributed by atoms with E-state index in [1.54, 1.807) is 11.0 Å². The number of fused-ring (bicyclic) bond motifs is 1. The minimum absolute atomic E-state index is 0.146. The first kappa shape index (κ1) is 22.1. The Morgan fingerprint density at radius 3 is 2.76 bits per heavy atom. The smallest absolute Gasteiger partial charge is 0.319 e. The minimum Gasteiger partial charge on any atom is -0.493 e. The molecular weight excluding hydrogens is 459 g/mol. The first-order chi connectivity index (χ1) is 16.1. The van der Waals surface area contributed by atoms with Crippen LogP contribution in [0.1, 0.15) is 34.8 Å². The Kier molecular flexibility index (Phi) is 6.45. The Balaban J connectivity index is 1.28. The minimum atomic E-state index is -0.435. The van der Waals surface area contributed by atoms with Gasteiger partial charge in [0.05, 0.1) is 16.7 Å². The highest BCUT2D eigenvalue weighted by molar-refractivity contribution is 6.42. The molecule has 170 valence electrons. The molecule has 0 bridgehead atoms. The molecule has 33 heavy (non-hydrogen) atoms. The Morgan fingerprint density at radius 1 is 1.12 bits per heavy atom. The summed E-state index contributed by atoms with van der Waals surface area (Å²) in [4.78, 5) is 14.6. The molecular formula is C26H24Cl2N2O3. The van der Waals surface area contributed by atoms with Crippen molar-refractivity contribution in [3.05, 3.63) is 99.0 Å². The van der Waals surface area contributed by atoms with Gasteiger partial charge in [-0.25, -0.2) is 4.79 Å². The Labute approximate surface area is 203 Å². The standard InChI is InChI=1S/C26H24Cl2N2O3/c27-21-8-4-7-20(24(21)28)25(18-5-2-1-3-6-18)33-23-11-13-30(23)26(31)29-16-17-9-10-22-19(15-17)12-14-32-22/h1-10,15,23,25H,11-14,16H2,(H,29,31). The fraction of sp³-hybridized carbons (Fsp3) is 0.269. The van der Waals surface area contributed by atoms with Crippen LogP contribution in [0.25, 0.3) is 0 Å². The summed E-state index contributed by atoms with van der Waals surface area (Å²) in [7, 11) is 0. The number of nitrogens with zero attached hydrogens (tertiary/aromatic N) is 1. The summed E-state index contributed by atoms with van der Waals surface area (Å²) >= 11 is 12.8. The second-order valence-electron chi connectivity index (χ2n) is 8.21. The third kappa shape index (κ3) is 4.67. The van der Waals surface area contributed by atoms with Crippen LogP contribution in [0.2, 0.25) is 10.0 Å². The molecule has 2 unspecified atom stereocenters. The van der Waals surface area contributed by atoms with E-state index in [0.717, 1.165) is 41.9 Å². The lowest BCUT2D eigenvalue weighted by atomic mass is 10.0. The van der Waals surface area contributed by atoms with Crippen molar-refractivity contribution in [1.82, 2.24) is 10.2 Å². The molecule has 1 saturated heterocycles. The van der Waals surface area contributed by atoms with Gasteiger partial charge in [-0.15, -0.1) is 0 Å². The monoisotopic (exact) mass is 482 g/mol. The number of likely N-dealkylation sites (tertiary alicyclic amines) is 1. The van der Waals surface area contributed by atoms with Gasteiger partial charge in [-0.1, -0.05) is 77.8 Å². The number of rotatable bonds is 6. The number of hydrogen-bond acceptors (Lipinski definition) is 3. The molecule has 2 atom stereocenters. The van der Waals surface area contributed by atoms with Gasteiger partial charge in [0.1, 0.15) is 18.1 Å². The zero-order chi connectivity index (χ0) is 22.8. The number of nitrogens with one attached hydrogen (secondary N) is 1. The number of hydrogen-bond donors (Lipinski definition) is 1. The average molecular weight is 483 g/mol. The summed E-state index contributed by atoms with van der Waals surface area (Å²) in [5.74, 6) is 0.938. The van der Waals surface area contributed by atoms with E-state index in [1.807, 2.05) is 54.6 Å². The van der Waals surface area contributed by atoms with E-state index in [1.165, 1.54) is 5.56 Å². The van der Waals surface area contributed by atoms with E-state index in [4.69, 9.17) is 32.7 Å². The Bertz CT molecular complexity index is 1160. The van der Waals surface area contributed by atoms with Gasteiger partial charge >= 0.3 is 6.03 Å². The molecule has 7 heteroatoms. The first-order valence-corrected chi connectivity index (χ1v) is 11.8. The van der Waals surface area contributed by atoms with Crippen LogP contribution in [0, 0.1) is 0 Å². The number of carbonyl (C=O) groups excluding carboxylic acids is 1. The highest BCUT2D eigenvalue weighted by atomic mass is 35.5. The van der Waals surface area contributed by atoms with Crippen molar-refractivity contribution in [1.29, 1.82) is 0 Å². The van der Waals surface area contributed by atoms with Crippen molar-refractivity contribution in [3.63, 3.8) is 0 Å². The predicted octanol–water partition coefficient (Wildman–Crippen LogP) is 5.98. The third-order valence-electron chi connectivity index (χ3n) is 6.08. The second kappa shape index (κ2) is 9.64. The normalized spacial score (nSPS) is 17.6. The van der Waals surface area contributed by atoms with Crippen LogP contribution < -0.4 is 10.1 Å². The number of benzene rings is 3. The summed E-state index contributed by atoms with van der Waals surface area (Å²) < 4.78 is 12.0. The zero-order valence-electron chi connectivity index (χ0n) is 18.0. The molecule has 3 aromatic carbocycles. The lowest BCUT2D eigenvalue weighted by Gasteiger charge is -2.42. The van der Waals surface area contributed by atoms with Crippen molar-refractivity contribution < 1.29 is 14.3 Å². The van der Waals surface area contributed by atoms with Crippen LogP contribution >= 0.6 is 23.2 Å². The summed E-state index contributed by atoms with van der Waals surface area (Å²) in [5.41, 5.74) is 3.98. The van der Waals surface area contributed by atoms with E-state index >= 15 is 0 Å². The maximum Gasteiger partial charge on any atom is 0.319 e. The largest absolute Gasteiger partial charge is 0.493 e. The van der Waals surface area contributed by atoms with E-state index in [9.17, 15) is 4.79 Å². The van der Waals surface area contributed by atoms with Crippen LogP contribution in [0.4, 0.5) is 4.79 Å². The van der Waals surface area contributed by atoms with Crippen molar-refractivity contribution in [2.75, 3.05) is 13.2 Å². The van der Waals surface area contributed by atoms with Gasteiger partial charge in [0.15, 0.2) is 0 Å². The number of urea groups is 1. The molecule has 2 aliphatic heterocycles. The molecule has 2 amide bonds. The van der Waals surface area contributed by atoms with Crippen LogP contribution in [-0.4, -0.2) is 30.3 Å². The van der Waals surface area contributed by atoms with Crippen LogP contribution in [0.15, 0.2) is 66.7 Å². The van der Waals surface area contributed by atoms with Crippen LogP contribution in [-0.2, 0) is 17.7 Å². The van der Waals surface area contributed by atoms with Crippen LogP contribution in [0.5, 0.6) is 5.75 Å². The van der Waals surface area contributed by atoms with Gasteiger partial charge in [-0.05, 0) is 28.8 Å². The second-order valence-corrected chi connectivity index (χ2v) is 8.99. The maximum absolute atomic E-state index is 12.9. The van der Waals surface area contributed by atoms with Crippen molar-refractivity contribution in [2.45, 2.75) is 31.7 Å². The molecule has 0 aromatic heterocycles. The highest BCUT2D eigenvalue weighted by Crippen LogP contribution is 2.38. The zero-order valence-corrected chi connectivity index (χ0v) is 19.5. The van der Waals surface area contributed by atoms with Gasteiger partial charge < -0.3 is 14.8 Å². The molecule has 1 fully saturated rings. The number of ether oxygens (including phenoxy) is 2. The molecule has 2 heterocycles. The SMILES string of the molecule is O=C(NCc1ccc2c(c1)CCO2)N1CCC1OC(c1ccccc1)c1cccc(Cl)c1Cl. The maximum atomic E-state index is 12.9. The van der Waals surface area contributed by atoms with Gasteiger partial charge in [0.25, 0.3) is 0 Å². The van der Waals surface area contributed by atoms with E-state index in [2.05, 4.69) is 11.4 Å². The fourth-order valence-corrected chi connectivity index (χ4v) is 4.61. The summed E-state index contributed by atoms with van der Waals surface area (Å²) in [6.07, 6.45) is 0.880. The van der Waals surface area contributed by atoms with Gasteiger partial charge in [0.2, 0.25) is 0 Å². The van der Waals surface area contributed by atoms with Crippen molar-refractivity contribution >= 4 is 29.2 Å². The lowest BCUT2D eigenvalue weighted by molar-refractivity contribution is -0.120. The molecule has 3 aromatic rings. The van der Waals surface area contributed by atoms with E-state index in [-0.39, 0.29) is 12.3 Å². The van der Waals surface area contributed by atoms with E-state index in [0.29, 0.717) is 23.1 Å². The number of amides is 2. The van der Waals surface area contributed by atoms with E-state index < -0.39 is 6.10 Å². The number of halogens is 2. The molecule has 0 saturated carbocycles. The first-order valence-electron chi connectivity index (χ1n) is 11.0. The Hall–Kier alpha value is -2.73. The molecule has 0 radical (unpaired) electrons. The van der Waals surface area contributed by atoms with Crippen molar-refractivity contribution in [3.8, 4) is 5.75 Å². The highest BCUT2D eigenvalue weighted by Gasteiger charge is 2.36. The molecule has 1 N–H and O–H groups in total. The summed E-state index contributed by atoms with van der Waals surface area (Å²) in [6.45, 7) is 1.81. The molecule has 0 aliphatic carbocycles.